The normalized spacial score (nSPS) is 11.5. The lowest BCUT2D eigenvalue weighted by atomic mass is 10.1. The quantitative estimate of drug-likeness (QED) is 0.137. The van der Waals surface area contributed by atoms with Crippen LogP contribution in [0.3, 0.4) is 0 Å². The van der Waals surface area contributed by atoms with Gasteiger partial charge in [0.2, 0.25) is 5.75 Å². The van der Waals surface area contributed by atoms with Gasteiger partial charge in [0.15, 0.2) is 17.1 Å². The first-order valence-electron chi connectivity index (χ1n) is 12.8. The van der Waals surface area contributed by atoms with E-state index >= 15 is 0 Å². The first kappa shape index (κ1) is 26.8. The molecular formula is C28H42O5. The first-order chi connectivity index (χ1) is 16.1. The molecule has 5 nitrogen and oxygen atoms in total. The topological polar surface area (TPSA) is 57.9 Å². The zero-order valence-corrected chi connectivity index (χ0v) is 21.0. The number of benzene rings is 1. The minimum absolute atomic E-state index is 0.0381. The maximum Gasteiger partial charge on any atom is 0.383 e. The zero-order valence-electron chi connectivity index (χ0n) is 21.0. The monoisotopic (exact) mass is 458 g/mol. The Balaban J connectivity index is 2.13. The minimum Gasteiger partial charge on any atom is -0.489 e. The Labute approximate surface area is 199 Å². The van der Waals surface area contributed by atoms with Crippen LogP contribution in [0.15, 0.2) is 39.6 Å². The molecule has 0 saturated heterocycles. The van der Waals surface area contributed by atoms with Gasteiger partial charge in [0.1, 0.15) is 0 Å². The summed E-state index contributed by atoms with van der Waals surface area (Å²) in [6, 6.07) is 5.58. The van der Waals surface area contributed by atoms with Gasteiger partial charge < -0.3 is 18.6 Å². The van der Waals surface area contributed by atoms with Gasteiger partial charge >= 0.3 is 5.63 Å². The lowest BCUT2D eigenvalue weighted by Gasteiger charge is -2.16. The van der Waals surface area contributed by atoms with Gasteiger partial charge in [-0.15, -0.1) is 0 Å². The second kappa shape index (κ2) is 15.4. The Hall–Kier alpha value is -2.43. The van der Waals surface area contributed by atoms with Crippen LogP contribution in [0.2, 0.25) is 0 Å². The molecule has 0 amide bonds. The van der Waals surface area contributed by atoms with Gasteiger partial charge in [-0.2, -0.15) is 0 Å². The fourth-order valence-corrected chi connectivity index (χ4v) is 3.69. The highest BCUT2D eigenvalue weighted by molar-refractivity contribution is 5.89. The van der Waals surface area contributed by atoms with Crippen LogP contribution >= 0.6 is 0 Å². The number of fused-ring (bicyclic) bond motifs is 1. The SMILES string of the molecule is CC/C=C/CCOc1c(OCCCCCCCCCC)c2cccc(OC(C)C)c2oc1=O. The predicted octanol–water partition coefficient (Wildman–Crippen LogP) is 7.83. The maximum absolute atomic E-state index is 12.8. The fourth-order valence-electron chi connectivity index (χ4n) is 3.69. The molecule has 2 rings (SSSR count). The van der Waals surface area contributed by atoms with Crippen LogP contribution in [0, 0.1) is 0 Å². The smallest absolute Gasteiger partial charge is 0.383 e. The minimum atomic E-state index is -0.535. The summed E-state index contributed by atoms with van der Waals surface area (Å²) in [7, 11) is 0. The van der Waals surface area contributed by atoms with Gasteiger partial charge in [0, 0.05) is 0 Å². The molecule has 33 heavy (non-hydrogen) atoms. The third kappa shape index (κ3) is 9.15. The summed E-state index contributed by atoms with van der Waals surface area (Å²) in [4.78, 5) is 12.8. The van der Waals surface area contributed by atoms with E-state index in [9.17, 15) is 4.79 Å². The van der Waals surface area contributed by atoms with Gasteiger partial charge in [-0.3, -0.25) is 0 Å². The van der Waals surface area contributed by atoms with Crippen molar-refractivity contribution in [1.82, 2.24) is 0 Å². The number of rotatable bonds is 17. The number of para-hydroxylation sites is 1. The van der Waals surface area contributed by atoms with E-state index in [2.05, 4.69) is 26.0 Å². The van der Waals surface area contributed by atoms with Crippen molar-refractivity contribution in [3.63, 3.8) is 0 Å². The van der Waals surface area contributed by atoms with Gasteiger partial charge in [-0.05, 0) is 45.2 Å². The molecule has 0 bridgehead atoms. The Morgan fingerprint density at radius 3 is 2.27 bits per heavy atom. The lowest BCUT2D eigenvalue weighted by Crippen LogP contribution is -2.12. The van der Waals surface area contributed by atoms with Crippen molar-refractivity contribution in [2.24, 2.45) is 0 Å². The zero-order chi connectivity index (χ0) is 23.9. The van der Waals surface area contributed by atoms with Crippen LogP contribution in [0.5, 0.6) is 17.2 Å². The van der Waals surface area contributed by atoms with Crippen LogP contribution < -0.4 is 19.8 Å². The van der Waals surface area contributed by atoms with Gasteiger partial charge in [0.25, 0.3) is 0 Å². The van der Waals surface area contributed by atoms with Crippen LogP contribution in [0.25, 0.3) is 11.0 Å². The molecule has 0 aliphatic carbocycles. The molecule has 0 atom stereocenters. The molecule has 5 heteroatoms. The summed E-state index contributed by atoms with van der Waals surface area (Å²) in [5.74, 6) is 1.14. The summed E-state index contributed by atoms with van der Waals surface area (Å²) < 4.78 is 23.5. The molecule has 0 radical (unpaired) electrons. The predicted molar refractivity (Wildman–Crippen MR) is 136 cm³/mol. The average molecular weight is 459 g/mol. The molecule has 1 aromatic carbocycles. The highest BCUT2D eigenvalue weighted by Gasteiger charge is 2.20. The van der Waals surface area contributed by atoms with E-state index in [-0.39, 0.29) is 11.9 Å². The molecule has 184 valence electrons. The standard InChI is InChI=1S/C28H42O5/c1-5-7-9-11-12-13-14-16-20-30-26-23-18-17-19-24(32-22(3)4)25(23)33-28(29)27(26)31-21-15-10-8-6-2/h8,10,17-19,22H,5-7,9,11-16,20-21H2,1-4H3/b10-8+. The Bertz CT molecular complexity index is 897. The van der Waals surface area contributed by atoms with E-state index in [1.807, 2.05) is 32.0 Å². The first-order valence-corrected chi connectivity index (χ1v) is 12.8. The third-order valence-electron chi connectivity index (χ3n) is 5.35. The summed E-state index contributed by atoms with van der Waals surface area (Å²) in [6.07, 6.45) is 15.6. The lowest BCUT2D eigenvalue weighted by molar-refractivity contribution is 0.238. The largest absolute Gasteiger partial charge is 0.489 e. The van der Waals surface area contributed by atoms with Crippen molar-refractivity contribution in [3.05, 3.63) is 40.8 Å². The number of hydrogen-bond donors (Lipinski definition) is 0. The maximum atomic E-state index is 12.8. The van der Waals surface area contributed by atoms with Crippen molar-refractivity contribution in [2.45, 2.75) is 98.0 Å². The summed E-state index contributed by atoms with van der Waals surface area (Å²) in [6.45, 7) is 9.14. The molecule has 2 aromatic rings. The van der Waals surface area contributed by atoms with Crippen molar-refractivity contribution < 1.29 is 18.6 Å². The molecule has 0 aliphatic heterocycles. The van der Waals surface area contributed by atoms with Crippen molar-refractivity contribution >= 4 is 11.0 Å². The Kier molecular flexibility index (Phi) is 12.5. The van der Waals surface area contributed by atoms with Gasteiger partial charge in [-0.25, -0.2) is 4.79 Å². The van der Waals surface area contributed by atoms with Crippen molar-refractivity contribution in [1.29, 1.82) is 0 Å². The van der Waals surface area contributed by atoms with Gasteiger partial charge in [-0.1, -0.05) is 77.0 Å². The van der Waals surface area contributed by atoms with E-state index in [1.165, 1.54) is 38.5 Å². The molecule has 0 unspecified atom stereocenters. The number of hydrogen-bond acceptors (Lipinski definition) is 5. The molecule has 0 fully saturated rings. The summed E-state index contributed by atoms with van der Waals surface area (Å²) in [5.41, 5.74) is -0.131. The highest BCUT2D eigenvalue weighted by Crippen LogP contribution is 2.37. The summed E-state index contributed by atoms with van der Waals surface area (Å²) in [5, 5.41) is 0.700. The third-order valence-corrected chi connectivity index (χ3v) is 5.35. The van der Waals surface area contributed by atoms with Crippen molar-refractivity contribution in [3.8, 4) is 17.2 Å². The van der Waals surface area contributed by atoms with E-state index in [4.69, 9.17) is 18.6 Å². The van der Waals surface area contributed by atoms with E-state index in [1.54, 1.807) is 0 Å². The van der Waals surface area contributed by atoms with E-state index < -0.39 is 5.63 Å². The molecule has 0 aliphatic rings. The van der Waals surface area contributed by atoms with Crippen molar-refractivity contribution in [2.75, 3.05) is 13.2 Å². The molecule has 1 heterocycles. The second-order valence-electron chi connectivity index (χ2n) is 8.69. The van der Waals surface area contributed by atoms with E-state index in [0.717, 1.165) is 25.7 Å². The molecule has 0 spiro atoms. The molecule has 0 N–H and O–H groups in total. The average Bonchev–Trinajstić information content (AvgIpc) is 2.79. The van der Waals surface area contributed by atoms with Gasteiger partial charge in [0.05, 0.1) is 24.7 Å². The highest BCUT2D eigenvalue weighted by atomic mass is 16.5. The molecular weight excluding hydrogens is 416 g/mol. The van der Waals surface area contributed by atoms with Crippen LogP contribution in [0.1, 0.15) is 91.9 Å². The number of allylic oxidation sites excluding steroid dienone is 1. The number of unbranched alkanes of at least 4 members (excludes halogenated alkanes) is 7. The summed E-state index contributed by atoms with van der Waals surface area (Å²) >= 11 is 0. The Morgan fingerprint density at radius 2 is 1.58 bits per heavy atom. The molecule has 1 aromatic heterocycles. The number of ether oxygens (including phenoxy) is 3. The fraction of sp³-hybridized carbons (Fsp3) is 0.607. The Morgan fingerprint density at radius 1 is 0.879 bits per heavy atom. The van der Waals surface area contributed by atoms with E-state index in [0.29, 0.717) is 35.7 Å². The van der Waals surface area contributed by atoms with Crippen LogP contribution in [-0.4, -0.2) is 19.3 Å². The van der Waals surface area contributed by atoms with Crippen LogP contribution in [0.4, 0.5) is 0 Å². The second-order valence-corrected chi connectivity index (χ2v) is 8.69. The van der Waals surface area contributed by atoms with Crippen LogP contribution in [-0.2, 0) is 0 Å². The molecule has 0 saturated carbocycles.